The molecule has 0 saturated carbocycles. The van der Waals surface area contributed by atoms with Crippen molar-refractivity contribution >= 4 is 0 Å². The van der Waals surface area contributed by atoms with Gasteiger partial charge in [0.15, 0.2) is 0 Å². The van der Waals surface area contributed by atoms with Crippen molar-refractivity contribution in [2.75, 3.05) is 7.11 Å². The van der Waals surface area contributed by atoms with Crippen molar-refractivity contribution in [3.05, 3.63) is 47.5 Å². The molecule has 0 unspecified atom stereocenters. The van der Waals surface area contributed by atoms with Gasteiger partial charge in [0.05, 0.1) is 24.5 Å². The second-order valence-corrected chi connectivity index (χ2v) is 3.93. The number of pyridine rings is 1. The molecular weight excluding hydrogens is 259 g/mol. The van der Waals surface area contributed by atoms with E-state index in [9.17, 15) is 13.2 Å². The highest BCUT2D eigenvalue weighted by Gasteiger charge is 2.35. The Balaban J connectivity index is 2.32. The fourth-order valence-corrected chi connectivity index (χ4v) is 1.68. The predicted molar refractivity (Wildman–Crippen MR) is 61.3 cm³/mol. The second kappa shape index (κ2) is 5.40. The smallest absolute Gasteiger partial charge is 0.378 e. The molecule has 0 aliphatic rings. The molecule has 0 saturated heterocycles. The molecular formula is C12H12F3N3O. The maximum absolute atomic E-state index is 12.9. The van der Waals surface area contributed by atoms with Gasteiger partial charge in [-0.05, 0) is 18.2 Å². The lowest BCUT2D eigenvalue weighted by Gasteiger charge is -2.09. The maximum Gasteiger partial charge on any atom is 0.433 e. The van der Waals surface area contributed by atoms with Gasteiger partial charge in [0.1, 0.15) is 5.69 Å². The Hall–Kier alpha value is -1.89. The Morgan fingerprint density at radius 2 is 2.05 bits per heavy atom. The fraction of sp³-hybridized carbons (Fsp3) is 0.333. The van der Waals surface area contributed by atoms with Crippen LogP contribution in [0.4, 0.5) is 13.2 Å². The molecule has 0 radical (unpaired) electrons. The zero-order chi connectivity index (χ0) is 13.9. The van der Waals surface area contributed by atoms with Gasteiger partial charge in [-0.15, -0.1) is 0 Å². The van der Waals surface area contributed by atoms with E-state index in [0.29, 0.717) is 5.69 Å². The summed E-state index contributed by atoms with van der Waals surface area (Å²) < 4.78 is 44.3. The Kier molecular flexibility index (Phi) is 3.84. The predicted octanol–water partition coefficient (Wildman–Crippen LogP) is 2.49. The van der Waals surface area contributed by atoms with Crippen molar-refractivity contribution in [3.8, 4) is 0 Å². The molecule has 2 heterocycles. The summed E-state index contributed by atoms with van der Waals surface area (Å²) in [6.07, 6.45) is -2.92. The minimum absolute atomic E-state index is 0.0284. The van der Waals surface area contributed by atoms with Gasteiger partial charge in [-0.25, -0.2) is 0 Å². The van der Waals surface area contributed by atoms with E-state index >= 15 is 0 Å². The largest absolute Gasteiger partial charge is 0.433 e. The lowest BCUT2D eigenvalue weighted by molar-refractivity contribution is -0.144. The number of methoxy groups -OCH3 is 1. The number of alkyl halides is 3. The lowest BCUT2D eigenvalue weighted by Crippen LogP contribution is -2.15. The molecule has 0 amide bonds. The van der Waals surface area contributed by atoms with E-state index in [1.54, 1.807) is 18.2 Å². The summed E-state index contributed by atoms with van der Waals surface area (Å²) >= 11 is 0. The van der Waals surface area contributed by atoms with Crippen LogP contribution in [0.2, 0.25) is 0 Å². The van der Waals surface area contributed by atoms with Gasteiger partial charge in [0, 0.05) is 13.3 Å². The van der Waals surface area contributed by atoms with Crippen LogP contribution in [0.25, 0.3) is 0 Å². The molecule has 0 atom stereocenters. The summed E-state index contributed by atoms with van der Waals surface area (Å²) in [5, 5.41) is 3.89. The van der Waals surface area contributed by atoms with E-state index in [-0.39, 0.29) is 18.8 Å². The summed E-state index contributed by atoms with van der Waals surface area (Å²) in [7, 11) is 1.41. The molecule has 0 aliphatic carbocycles. The van der Waals surface area contributed by atoms with Gasteiger partial charge in [0.2, 0.25) is 0 Å². The Bertz CT molecular complexity index is 537. The highest BCUT2D eigenvalue weighted by atomic mass is 19.4. The molecule has 0 N–H and O–H groups in total. The number of rotatable bonds is 4. The Morgan fingerprint density at radius 1 is 1.26 bits per heavy atom. The van der Waals surface area contributed by atoms with Crippen LogP contribution >= 0.6 is 0 Å². The van der Waals surface area contributed by atoms with Crippen molar-refractivity contribution in [2.24, 2.45) is 0 Å². The van der Waals surface area contributed by atoms with Crippen LogP contribution in [0.3, 0.4) is 0 Å². The fourth-order valence-electron chi connectivity index (χ4n) is 1.68. The maximum atomic E-state index is 12.9. The number of halogens is 3. The number of ether oxygens (including phenoxy) is 1. The minimum Gasteiger partial charge on any atom is -0.378 e. The summed E-state index contributed by atoms with van der Waals surface area (Å²) in [5.41, 5.74) is -0.0453. The topological polar surface area (TPSA) is 39.9 Å². The summed E-state index contributed by atoms with van der Waals surface area (Å²) in [4.78, 5) is 3.99. The average Bonchev–Trinajstić information content (AvgIpc) is 2.74. The van der Waals surface area contributed by atoms with Crippen molar-refractivity contribution in [2.45, 2.75) is 19.3 Å². The molecule has 0 fully saturated rings. The number of nitrogens with zero attached hydrogens (tertiary/aromatic N) is 3. The lowest BCUT2D eigenvalue weighted by atomic mass is 10.3. The highest BCUT2D eigenvalue weighted by Crippen LogP contribution is 2.30. The molecule has 0 spiro atoms. The summed E-state index contributed by atoms with van der Waals surface area (Å²) in [5.74, 6) is 0. The van der Waals surface area contributed by atoms with E-state index in [1.807, 2.05) is 0 Å². The number of aromatic nitrogens is 3. The molecule has 2 aromatic heterocycles. The zero-order valence-corrected chi connectivity index (χ0v) is 10.2. The average molecular weight is 271 g/mol. The van der Waals surface area contributed by atoms with Gasteiger partial charge < -0.3 is 4.74 Å². The van der Waals surface area contributed by atoms with Crippen LogP contribution in [-0.2, 0) is 24.1 Å². The molecule has 102 valence electrons. The van der Waals surface area contributed by atoms with Gasteiger partial charge in [0.25, 0.3) is 0 Å². The first-order valence-electron chi connectivity index (χ1n) is 5.53. The van der Waals surface area contributed by atoms with E-state index < -0.39 is 11.9 Å². The summed E-state index contributed by atoms with van der Waals surface area (Å²) in [6, 6.07) is 6.06. The normalized spacial score (nSPS) is 11.8. The van der Waals surface area contributed by atoms with Crippen molar-refractivity contribution in [1.82, 2.24) is 14.8 Å². The first-order chi connectivity index (χ1) is 9.00. The van der Waals surface area contributed by atoms with Crippen LogP contribution in [-0.4, -0.2) is 21.9 Å². The third-order valence-electron chi connectivity index (χ3n) is 2.45. The Morgan fingerprint density at radius 3 is 2.63 bits per heavy atom. The van der Waals surface area contributed by atoms with E-state index in [4.69, 9.17) is 4.74 Å². The van der Waals surface area contributed by atoms with E-state index in [1.165, 1.54) is 13.3 Å². The molecule has 19 heavy (non-hydrogen) atoms. The zero-order valence-electron chi connectivity index (χ0n) is 10.2. The Labute approximate surface area is 107 Å². The number of hydrogen-bond donors (Lipinski definition) is 0. The van der Waals surface area contributed by atoms with Crippen LogP contribution in [0, 0.1) is 0 Å². The third-order valence-corrected chi connectivity index (χ3v) is 2.45. The highest BCUT2D eigenvalue weighted by molar-refractivity contribution is 5.15. The second-order valence-electron chi connectivity index (χ2n) is 3.93. The van der Waals surface area contributed by atoms with Crippen LogP contribution in [0.1, 0.15) is 17.1 Å². The van der Waals surface area contributed by atoms with Gasteiger partial charge in [-0.2, -0.15) is 18.3 Å². The van der Waals surface area contributed by atoms with Crippen molar-refractivity contribution < 1.29 is 17.9 Å². The van der Waals surface area contributed by atoms with Crippen LogP contribution < -0.4 is 0 Å². The van der Waals surface area contributed by atoms with Gasteiger partial charge >= 0.3 is 6.18 Å². The quantitative estimate of drug-likeness (QED) is 0.857. The van der Waals surface area contributed by atoms with Crippen LogP contribution in [0.15, 0.2) is 30.5 Å². The molecule has 2 rings (SSSR count). The van der Waals surface area contributed by atoms with Crippen molar-refractivity contribution in [1.29, 1.82) is 0 Å². The molecule has 0 aromatic carbocycles. The SMILES string of the molecule is COCc1cc(C(F)(F)F)n(Cc2ccccn2)n1. The first kappa shape index (κ1) is 13.5. The van der Waals surface area contributed by atoms with Crippen molar-refractivity contribution in [3.63, 3.8) is 0 Å². The molecule has 2 aromatic rings. The van der Waals surface area contributed by atoms with E-state index in [2.05, 4.69) is 10.1 Å². The van der Waals surface area contributed by atoms with E-state index in [0.717, 1.165) is 10.7 Å². The standard InChI is InChI=1S/C12H12F3N3O/c1-19-8-10-6-11(12(13,14)15)18(17-10)7-9-4-2-3-5-16-9/h2-6H,7-8H2,1H3. The molecule has 7 heteroatoms. The first-order valence-corrected chi connectivity index (χ1v) is 5.53. The number of hydrogen-bond acceptors (Lipinski definition) is 3. The molecule has 4 nitrogen and oxygen atoms in total. The van der Waals surface area contributed by atoms with Gasteiger partial charge in [-0.3, -0.25) is 9.67 Å². The molecule has 0 aliphatic heterocycles. The monoisotopic (exact) mass is 271 g/mol. The molecule has 0 bridgehead atoms. The summed E-state index contributed by atoms with van der Waals surface area (Å²) in [6.45, 7) is 0.0116. The minimum atomic E-state index is -4.45. The third kappa shape index (κ3) is 3.31. The van der Waals surface area contributed by atoms with Gasteiger partial charge in [-0.1, -0.05) is 6.07 Å². The van der Waals surface area contributed by atoms with Crippen LogP contribution in [0.5, 0.6) is 0 Å².